The van der Waals surface area contributed by atoms with E-state index in [4.69, 9.17) is 13.9 Å². The van der Waals surface area contributed by atoms with Crippen LogP contribution in [0.5, 0.6) is 0 Å². The van der Waals surface area contributed by atoms with Crippen molar-refractivity contribution >= 4 is 11.9 Å². The van der Waals surface area contributed by atoms with Gasteiger partial charge < -0.3 is 19.0 Å². The van der Waals surface area contributed by atoms with Gasteiger partial charge in [-0.3, -0.25) is 9.59 Å². The van der Waals surface area contributed by atoms with Crippen LogP contribution in [-0.2, 0) is 19.1 Å². The van der Waals surface area contributed by atoms with Crippen LogP contribution in [0.2, 0.25) is 0 Å². The van der Waals surface area contributed by atoms with Gasteiger partial charge in [0.2, 0.25) is 0 Å². The molecule has 2 saturated heterocycles. The van der Waals surface area contributed by atoms with Crippen LogP contribution in [0.4, 0.5) is 0 Å². The number of furan rings is 1. The Bertz CT molecular complexity index is 782. The zero-order valence-electron chi connectivity index (χ0n) is 14.6. The highest BCUT2D eigenvalue weighted by Gasteiger charge is 2.68. The molecule has 6 heteroatoms. The molecule has 5 rings (SSSR count). The highest BCUT2D eigenvalue weighted by molar-refractivity contribution is 5.79. The van der Waals surface area contributed by atoms with Crippen molar-refractivity contribution in [1.82, 2.24) is 0 Å². The highest BCUT2D eigenvalue weighted by atomic mass is 16.5. The van der Waals surface area contributed by atoms with Gasteiger partial charge in [0.05, 0.1) is 37.1 Å². The first kappa shape index (κ1) is 16.1. The Labute approximate surface area is 151 Å². The minimum atomic E-state index is -0.704. The van der Waals surface area contributed by atoms with E-state index < -0.39 is 23.0 Å². The molecule has 1 aromatic rings. The molecule has 4 aliphatic rings. The third kappa shape index (κ3) is 1.91. The minimum absolute atomic E-state index is 0.218. The van der Waals surface area contributed by atoms with Gasteiger partial charge >= 0.3 is 11.9 Å². The molecule has 1 N–H and O–H groups in total. The molecule has 1 aromatic heterocycles. The van der Waals surface area contributed by atoms with Crippen molar-refractivity contribution in [2.24, 2.45) is 28.6 Å². The average Bonchev–Trinajstić information content (AvgIpc) is 3.23. The van der Waals surface area contributed by atoms with Crippen molar-refractivity contribution in [1.29, 1.82) is 0 Å². The second kappa shape index (κ2) is 5.22. The molecule has 0 aromatic carbocycles. The molecule has 3 heterocycles. The number of carbonyl (C=O) groups is 2. The number of aliphatic hydroxyl groups excluding tert-OH is 1. The van der Waals surface area contributed by atoms with Crippen molar-refractivity contribution in [2.75, 3.05) is 6.61 Å². The molecule has 0 radical (unpaired) electrons. The molecule has 26 heavy (non-hydrogen) atoms. The Morgan fingerprint density at radius 3 is 2.85 bits per heavy atom. The normalized spacial score (nSPS) is 46.8. The van der Waals surface area contributed by atoms with E-state index in [0.717, 1.165) is 5.56 Å². The minimum Gasteiger partial charge on any atom is -0.472 e. The van der Waals surface area contributed by atoms with Crippen LogP contribution >= 0.6 is 0 Å². The summed E-state index contributed by atoms with van der Waals surface area (Å²) in [5.41, 5.74) is -0.0881. The van der Waals surface area contributed by atoms with Gasteiger partial charge in [-0.05, 0) is 30.7 Å². The summed E-state index contributed by atoms with van der Waals surface area (Å²) in [5, 5.41) is 10.9. The average molecular weight is 358 g/mol. The van der Waals surface area contributed by atoms with E-state index in [2.05, 4.69) is 6.92 Å². The molecule has 0 unspecified atom stereocenters. The van der Waals surface area contributed by atoms with Crippen LogP contribution in [-0.4, -0.2) is 29.8 Å². The first-order valence-corrected chi connectivity index (χ1v) is 9.21. The molecule has 7 atom stereocenters. The number of fused-ring (bicyclic) bond motifs is 2. The third-order valence-electron chi connectivity index (χ3n) is 7.31. The van der Waals surface area contributed by atoms with E-state index in [1.54, 1.807) is 24.7 Å². The molecule has 0 bridgehead atoms. The fourth-order valence-corrected chi connectivity index (χ4v) is 6.20. The maximum absolute atomic E-state index is 12.8. The summed E-state index contributed by atoms with van der Waals surface area (Å²) in [6, 6.07) is 1.81. The van der Waals surface area contributed by atoms with Crippen molar-refractivity contribution in [3.05, 3.63) is 36.3 Å². The van der Waals surface area contributed by atoms with Crippen LogP contribution in [0.3, 0.4) is 0 Å². The summed E-state index contributed by atoms with van der Waals surface area (Å²) in [5.74, 6) is -1.27. The molecule has 1 spiro atoms. The van der Waals surface area contributed by atoms with E-state index in [0.29, 0.717) is 25.9 Å². The van der Waals surface area contributed by atoms with Gasteiger partial charge in [0, 0.05) is 16.9 Å². The van der Waals surface area contributed by atoms with E-state index >= 15 is 0 Å². The van der Waals surface area contributed by atoms with Crippen LogP contribution in [0, 0.1) is 28.6 Å². The summed E-state index contributed by atoms with van der Waals surface area (Å²) in [7, 11) is 0. The topological polar surface area (TPSA) is 86.0 Å². The summed E-state index contributed by atoms with van der Waals surface area (Å²) in [6.45, 7) is 2.38. The number of hydrogen-bond donors (Lipinski definition) is 1. The Hall–Kier alpha value is -2.08. The Morgan fingerprint density at radius 2 is 2.08 bits per heavy atom. The van der Waals surface area contributed by atoms with Gasteiger partial charge in [-0.2, -0.15) is 0 Å². The molecular weight excluding hydrogens is 336 g/mol. The van der Waals surface area contributed by atoms with Gasteiger partial charge in [-0.25, -0.2) is 0 Å². The number of ether oxygens (including phenoxy) is 2. The zero-order valence-corrected chi connectivity index (χ0v) is 14.6. The van der Waals surface area contributed by atoms with Crippen LogP contribution in [0.1, 0.15) is 37.9 Å². The van der Waals surface area contributed by atoms with E-state index in [1.807, 2.05) is 6.07 Å². The van der Waals surface area contributed by atoms with Crippen molar-refractivity contribution in [2.45, 2.75) is 38.4 Å². The Morgan fingerprint density at radius 1 is 1.23 bits per heavy atom. The molecular formula is C20H22O6. The quantitative estimate of drug-likeness (QED) is 0.613. The highest BCUT2D eigenvalue weighted by Crippen LogP contribution is 2.66. The second-order valence-corrected chi connectivity index (χ2v) is 8.46. The number of esters is 2. The second-order valence-electron chi connectivity index (χ2n) is 8.46. The standard InChI is InChI=1S/C20H22O6/c1-19-8-15(11-5-7-24-9-11)26-18(23)12(19)4-6-20-10-25-17(22)13(20)2-3-14(21)16(19)20/h2-3,5,7,9,12-16,21H,4,6,8,10H2,1H3/t12-,13-,14+,15+,16+,19-,20+/m0/s1. The van der Waals surface area contributed by atoms with E-state index in [9.17, 15) is 14.7 Å². The first-order chi connectivity index (χ1) is 12.5. The molecule has 0 amide bonds. The Kier molecular flexibility index (Phi) is 3.24. The van der Waals surface area contributed by atoms with Gasteiger partial charge in [0.1, 0.15) is 6.10 Å². The summed E-state index contributed by atoms with van der Waals surface area (Å²) < 4.78 is 16.3. The van der Waals surface area contributed by atoms with Crippen LogP contribution in [0.25, 0.3) is 0 Å². The molecule has 6 nitrogen and oxygen atoms in total. The lowest BCUT2D eigenvalue weighted by Crippen LogP contribution is -2.61. The SMILES string of the molecule is C[C@]12C[C@H](c3ccoc3)OC(=O)[C@@H]1CC[C@@]13COC(=O)[C@@H]1C=C[C@@H](O)[C@H]23. The molecule has 1 saturated carbocycles. The summed E-state index contributed by atoms with van der Waals surface area (Å²) in [4.78, 5) is 25.1. The smallest absolute Gasteiger partial charge is 0.313 e. The number of carbonyl (C=O) groups excluding carboxylic acids is 2. The van der Waals surface area contributed by atoms with Gasteiger partial charge in [0.25, 0.3) is 0 Å². The van der Waals surface area contributed by atoms with Crippen LogP contribution < -0.4 is 0 Å². The lowest BCUT2D eigenvalue weighted by molar-refractivity contribution is -0.204. The fourth-order valence-electron chi connectivity index (χ4n) is 6.20. The van der Waals surface area contributed by atoms with Gasteiger partial charge in [-0.1, -0.05) is 19.1 Å². The number of hydrogen-bond acceptors (Lipinski definition) is 6. The number of cyclic esters (lactones) is 2. The number of aliphatic hydroxyl groups is 1. The molecule has 3 fully saturated rings. The lowest BCUT2D eigenvalue weighted by Gasteiger charge is -2.60. The zero-order chi connectivity index (χ0) is 18.1. The predicted octanol–water partition coefficient (Wildman–Crippen LogP) is 2.39. The molecule has 138 valence electrons. The lowest BCUT2D eigenvalue weighted by atomic mass is 9.44. The van der Waals surface area contributed by atoms with Gasteiger partial charge in [0.15, 0.2) is 0 Å². The monoisotopic (exact) mass is 358 g/mol. The maximum Gasteiger partial charge on any atom is 0.313 e. The van der Waals surface area contributed by atoms with Crippen molar-refractivity contribution in [3.8, 4) is 0 Å². The predicted molar refractivity (Wildman–Crippen MR) is 88.5 cm³/mol. The molecule has 2 aliphatic carbocycles. The summed E-state index contributed by atoms with van der Waals surface area (Å²) >= 11 is 0. The maximum atomic E-state index is 12.8. The number of rotatable bonds is 1. The van der Waals surface area contributed by atoms with Crippen LogP contribution in [0.15, 0.2) is 35.2 Å². The van der Waals surface area contributed by atoms with Gasteiger partial charge in [-0.15, -0.1) is 0 Å². The first-order valence-electron chi connectivity index (χ1n) is 9.21. The fraction of sp³-hybridized carbons (Fsp3) is 0.600. The third-order valence-corrected chi connectivity index (χ3v) is 7.31. The van der Waals surface area contributed by atoms with Crippen molar-refractivity contribution in [3.63, 3.8) is 0 Å². The van der Waals surface area contributed by atoms with E-state index in [1.165, 1.54) is 0 Å². The molecule has 2 aliphatic heterocycles. The van der Waals surface area contributed by atoms with E-state index in [-0.39, 0.29) is 29.7 Å². The summed E-state index contributed by atoms with van der Waals surface area (Å²) in [6.07, 6.45) is 7.51. The largest absolute Gasteiger partial charge is 0.472 e. The van der Waals surface area contributed by atoms with Crippen molar-refractivity contribution < 1.29 is 28.6 Å². The Balaban J connectivity index is 1.60.